The number of rotatable bonds is 7. The number of allylic oxidation sites excluding steroid dienone is 3. The molecule has 0 atom stereocenters. The summed E-state index contributed by atoms with van der Waals surface area (Å²) in [4.78, 5) is 6.29. The summed E-state index contributed by atoms with van der Waals surface area (Å²) in [5.74, 6) is 0.750. The van der Waals surface area contributed by atoms with Crippen LogP contribution in [-0.4, -0.2) is 38.3 Å². The highest BCUT2D eigenvalue weighted by Crippen LogP contribution is 2.05. The molecule has 0 radical (unpaired) electrons. The Morgan fingerprint density at radius 3 is 2.56 bits per heavy atom. The number of nitrogens with zero attached hydrogens (tertiary/aromatic N) is 2. The average molecular weight is 221 g/mol. The third-order valence-electron chi connectivity index (χ3n) is 2.45. The van der Waals surface area contributed by atoms with Gasteiger partial charge in [-0.1, -0.05) is 19.2 Å². The maximum absolute atomic E-state index is 4.28. The smallest absolute Gasteiger partial charge is 0.120 e. The van der Waals surface area contributed by atoms with E-state index in [0.29, 0.717) is 0 Å². The van der Waals surface area contributed by atoms with Crippen molar-refractivity contribution in [1.82, 2.24) is 10.2 Å². The molecule has 0 aliphatic rings. The molecule has 0 heterocycles. The predicted octanol–water partition coefficient (Wildman–Crippen LogP) is 2.20. The zero-order chi connectivity index (χ0) is 12.6. The summed E-state index contributed by atoms with van der Waals surface area (Å²) in [6, 6.07) is 0. The van der Waals surface area contributed by atoms with E-state index in [1.54, 1.807) is 6.21 Å². The maximum Gasteiger partial charge on any atom is 0.120 e. The van der Waals surface area contributed by atoms with E-state index >= 15 is 0 Å². The molecule has 3 heteroatoms. The van der Waals surface area contributed by atoms with Crippen molar-refractivity contribution in [3.05, 3.63) is 36.2 Å². The van der Waals surface area contributed by atoms with E-state index in [0.717, 1.165) is 30.1 Å². The van der Waals surface area contributed by atoms with Gasteiger partial charge in [0.2, 0.25) is 0 Å². The third kappa shape index (κ3) is 5.51. The largest absolute Gasteiger partial charge is 0.359 e. The molecule has 0 aliphatic heterocycles. The van der Waals surface area contributed by atoms with Gasteiger partial charge in [-0.05, 0) is 32.0 Å². The number of hydrogen-bond donors (Lipinski definition) is 1. The van der Waals surface area contributed by atoms with Crippen molar-refractivity contribution in [1.29, 1.82) is 0 Å². The van der Waals surface area contributed by atoms with Crippen LogP contribution in [0, 0.1) is 0 Å². The Labute approximate surface area is 99.3 Å². The van der Waals surface area contributed by atoms with Crippen molar-refractivity contribution >= 4 is 6.21 Å². The standard InChI is InChI=1S/C13H23N3/c1-7-11(2)12(3)10-15-13(4)16(6)9-8-14-5/h7,10,14H,3-4,8-9H2,1-2,5-6H3/b11-7+,15-10-. The van der Waals surface area contributed by atoms with Gasteiger partial charge in [-0.15, -0.1) is 0 Å². The molecule has 0 aliphatic carbocycles. The lowest BCUT2D eigenvalue weighted by Crippen LogP contribution is -2.26. The van der Waals surface area contributed by atoms with Crippen molar-refractivity contribution in [2.45, 2.75) is 13.8 Å². The third-order valence-corrected chi connectivity index (χ3v) is 2.45. The Morgan fingerprint density at radius 2 is 2.06 bits per heavy atom. The topological polar surface area (TPSA) is 27.6 Å². The second-order valence-corrected chi connectivity index (χ2v) is 3.70. The lowest BCUT2D eigenvalue weighted by molar-refractivity contribution is 0.414. The number of likely N-dealkylation sites (N-methyl/N-ethyl adjacent to an activating group) is 2. The first-order valence-electron chi connectivity index (χ1n) is 5.43. The van der Waals surface area contributed by atoms with E-state index < -0.39 is 0 Å². The molecule has 16 heavy (non-hydrogen) atoms. The van der Waals surface area contributed by atoms with Crippen LogP contribution in [-0.2, 0) is 0 Å². The molecule has 0 rings (SSSR count). The molecule has 0 aromatic heterocycles. The molecule has 3 nitrogen and oxygen atoms in total. The zero-order valence-corrected chi connectivity index (χ0v) is 10.9. The minimum absolute atomic E-state index is 0.750. The van der Waals surface area contributed by atoms with E-state index in [4.69, 9.17) is 0 Å². The lowest BCUT2D eigenvalue weighted by Gasteiger charge is -2.17. The molecule has 0 amide bonds. The fourth-order valence-electron chi connectivity index (χ4n) is 0.947. The summed E-state index contributed by atoms with van der Waals surface area (Å²) < 4.78 is 0. The molecule has 0 unspecified atom stereocenters. The molecular weight excluding hydrogens is 198 g/mol. The first-order valence-corrected chi connectivity index (χ1v) is 5.43. The van der Waals surface area contributed by atoms with E-state index in [1.165, 1.54) is 0 Å². The first-order chi connectivity index (χ1) is 7.52. The van der Waals surface area contributed by atoms with Crippen LogP contribution in [0.25, 0.3) is 0 Å². The molecule has 0 bridgehead atoms. The van der Waals surface area contributed by atoms with Crippen molar-refractivity contribution in [2.24, 2.45) is 4.99 Å². The predicted molar refractivity (Wildman–Crippen MR) is 72.8 cm³/mol. The van der Waals surface area contributed by atoms with Gasteiger partial charge in [-0.2, -0.15) is 0 Å². The van der Waals surface area contributed by atoms with Gasteiger partial charge in [-0.3, -0.25) is 0 Å². The molecular formula is C13H23N3. The minimum Gasteiger partial charge on any atom is -0.359 e. The van der Waals surface area contributed by atoms with Crippen LogP contribution in [0.5, 0.6) is 0 Å². The lowest BCUT2D eigenvalue weighted by atomic mass is 10.1. The Hall–Kier alpha value is -1.35. The van der Waals surface area contributed by atoms with Gasteiger partial charge in [0, 0.05) is 26.4 Å². The Balaban J connectivity index is 4.23. The van der Waals surface area contributed by atoms with Gasteiger partial charge < -0.3 is 10.2 Å². The summed E-state index contributed by atoms with van der Waals surface area (Å²) in [5, 5.41) is 3.08. The second kappa shape index (κ2) is 7.88. The summed E-state index contributed by atoms with van der Waals surface area (Å²) >= 11 is 0. The molecule has 0 aromatic carbocycles. The Morgan fingerprint density at radius 1 is 1.44 bits per heavy atom. The van der Waals surface area contributed by atoms with E-state index in [1.807, 2.05) is 38.9 Å². The molecule has 0 saturated carbocycles. The fourth-order valence-corrected chi connectivity index (χ4v) is 0.947. The quantitative estimate of drug-likeness (QED) is 0.527. The van der Waals surface area contributed by atoms with Crippen molar-refractivity contribution in [2.75, 3.05) is 27.2 Å². The van der Waals surface area contributed by atoms with Crippen molar-refractivity contribution in [3.63, 3.8) is 0 Å². The SMILES string of the molecule is C=C(/C=N\C(=C)N(C)CCNC)/C(C)=C/C. The highest BCUT2D eigenvalue weighted by molar-refractivity contribution is 5.83. The van der Waals surface area contributed by atoms with Gasteiger partial charge in [0.05, 0.1) is 0 Å². The van der Waals surface area contributed by atoms with Gasteiger partial charge in [0.1, 0.15) is 5.82 Å². The summed E-state index contributed by atoms with van der Waals surface area (Å²) in [6.07, 6.45) is 3.77. The molecule has 0 fully saturated rings. The van der Waals surface area contributed by atoms with Crippen molar-refractivity contribution in [3.8, 4) is 0 Å². The molecule has 1 N–H and O–H groups in total. The van der Waals surface area contributed by atoms with Crippen LogP contribution >= 0.6 is 0 Å². The maximum atomic E-state index is 4.28. The average Bonchev–Trinajstić information content (AvgIpc) is 2.31. The van der Waals surface area contributed by atoms with Crippen LogP contribution < -0.4 is 5.32 Å². The molecule has 90 valence electrons. The second-order valence-electron chi connectivity index (χ2n) is 3.70. The first kappa shape index (κ1) is 14.6. The van der Waals surface area contributed by atoms with Crippen LogP contribution in [0.1, 0.15) is 13.8 Å². The molecule has 0 spiro atoms. The number of nitrogens with one attached hydrogen (secondary N) is 1. The van der Waals surface area contributed by atoms with E-state index in [-0.39, 0.29) is 0 Å². The van der Waals surface area contributed by atoms with E-state index in [2.05, 4.69) is 23.5 Å². The van der Waals surface area contributed by atoms with Crippen LogP contribution in [0.3, 0.4) is 0 Å². The highest BCUT2D eigenvalue weighted by Gasteiger charge is 1.98. The fraction of sp³-hybridized carbons (Fsp3) is 0.462. The van der Waals surface area contributed by atoms with Gasteiger partial charge in [0.15, 0.2) is 0 Å². The normalized spacial score (nSPS) is 11.9. The van der Waals surface area contributed by atoms with Gasteiger partial charge in [0.25, 0.3) is 0 Å². The van der Waals surface area contributed by atoms with Crippen LogP contribution in [0.2, 0.25) is 0 Å². The number of aliphatic imine (C=N–C) groups is 1. The summed E-state index contributed by atoms with van der Waals surface area (Å²) in [7, 11) is 3.90. The monoisotopic (exact) mass is 221 g/mol. The van der Waals surface area contributed by atoms with E-state index in [9.17, 15) is 0 Å². The van der Waals surface area contributed by atoms with Crippen molar-refractivity contribution < 1.29 is 0 Å². The number of hydrogen-bond acceptors (Lipinski definition) is 3. The highest BCUT2D eigenvalue weighted by atomic mass is 15.2. The molecule has 0 aromatic rings. The molecule has 0 saturated heterocycles. The summed E-state index contributed by atoms with van der Waals surface area (Å²) in [6.45, 7) is 13.6. The van der Waals surface area contributed by atoms with Crippen LogP contribution in [0.4, 0.5) is 0 Å². The van der Waals surface area contributed by atoms with Gasteiger partial charge in [-0.25, -0.2) is 4.99 Å². The summed E-state index contributed by atoms with van der Waals surface area (Å²) in [5.41, 5.74) is 2.06. The zero-order valence-electron chi connectivity index (χ0n) is 10.9. The Kier molecular flexibility index (Phi) is 7.21. The minimum atomic E-state index is 0.750. The van der Waals surface area contributed by atoms with Crippen LogP contribution in [0.15, 0.2) is 41.2 Å². The Bertz CT molecular complexity index is 300. The van der Waals surface area contributed by atoms with Gasteiger partial charge >= 0.3 is 0 Å².